The van der Waals surface area contributed by atoms with E-state index in [-0.39, 0.29) is 12.0 Å². The van der Waals surface area contributed by atoms with Crippen molar-refractivity contribution in [2.24, 2.45) is 5.92 Å². The molecule has 4 aliphatic rings. The smallest absolute Gasteiger partial charge is 0.140 e. The molecule has 3 unspecified atom stereocenters. The fourth-order valence-corrected chi connectivity index (χ4v) is 4.48. The van der Waals surface area contributed by atoms with Crippen molar-refractivity contribution in [3.05, 3.63) is 71.4 Å². The normalized spacial score (nSPS) is 29.5. The van der Waals surface area contributed by atoms with E-state index >= 15 is 0 Å². The Balaban J connectivity index is 1.30. The van der Waals surface area contributed by atoms with Crippen LogP contribution in [0.15, 0.2) is 54.4 Å². The van der Waals surface area contributed by atoms with Gasteiger partial charge < -0.3 is 14.6 Å². The maximum atomic E-state index is 13.5. The van der Waals surface area contributed by atoms with Crippen LogP contribution in [0.2, 0.25) is 0 Å². The van der Waals surface area contributed by atoms with E-state index in [0.29, 0.717) is 17.8 Å². The predicted molar refractivity (Wildman–Crippen MR) is 97.9 cm³/mol. The van der Waals surface area contributed by atoms with Crippen LogP contribution in [0.25, 0.3) is 5.65 Å². The minimum atomic E-state index is -0.176. The monoisotopic (exact) mass is 348 g/mol. The van der Waals surface area contributed by atoms with Gasteiger partial charge >= 0.3 is 0 Å². The Bertz CT molecular complexity index is 1010. The summed E-state index contributed by atoms with van der Waals surface area (Å²) in [4.78, 5) is 7.11. The van der Waals surface area contributed by atoms with Gasteiger partial charge in [-0.1, -0.05) is 6.07 Å². The van der Waals surface area contributed by atoms with Crippen molar-refractivity contribution in [2.45, 2.75) is 44.2 Å². The van der Waals surface area contributed by atoms with Crippen molar-refractivity contribution < 1.29 is 4.39 Å². The first-order chi connectivity index (χ1) is 12.7. The number of halogens is 1. The lowest BCUT2D eigenvalue weighted by atomic mass is 10.2. The highest BCUT2D eigenvalue weighted by Gasteiger charge is 2.46. The van der Waals surface area contributed by atoms with Gasteiger partial charge in [-0.2, -0.15) is 0 Å². The van der Waals surface area contributed by atoms with E-state index in [4.69, 9.17) is 4.98 Å². The van der Waals surface area contributed by atoms with Gasteiger partial charge in [-0.25, -0.2) is 9.37 Å². The summed E-state index contributed by atoms with van der Waals surface area (Å²) in [5, 5.41) is 3.46. The van der Waals surface area contributed by atoms with Crippen molar-refractivity contribution in [1.29, 1.82) is 0 Å². The standard InChI is InChI=1S/C21H21FN4/c1-12-20(24-21-15(13-4-5-13)3-2-7-26(12)21)17-10-16(17)18-11-25-8-6-14(22)9-19(25)23-18/h2-3,6-9,11,13,16-17,19,23H,4-5,10H2,1H3. The third-order valence-corrected chi connectivity index (χ3v) is 6.16. The Labute approximate surface area is 151 Å². The summed E-state index contributed by atoms with van der Waals surface area (Å²) in [5.74, 6) is 1.44. The second-order valence-corrected chi connectivity index (χ2v) is 7.95. The molecule has 2 aromatic heterocycles. The maximum absolute atomic E-state index is 13.5. The van der Waals surface area contributed by atoms with Crippen molar-refractivity contribution >= 4 is 5.65 Å². The van der Waals surface area contributed by atoms with Crippen LogP contribution in [0.5, 0.6) is 0 Å². The molecule has 26 heavy (non-hydrogen) atoms. The Morgan fingerprint density at radius 1 is 1.27 bits per heavy atom. The molecular formula is C21H21FN4. The number of nitrogens with one attached hydrogen (secondary N) is 1. The summed E-state index contributed by atoms with van der Waals surface area (Å²) in [6.07, 6.45) is 12.8. The van der Waals surface area contributed by atoms with Gasteiger partial charge in [0.2, 0.25) is 0 Å². The number of pyridine rings is 1. The third kappa shape index (κ3) is 2.09. The van der Waals surface area contributed by atoms with Gasteiger partial charge in [-0.15, -0.1) is 0 Å². The molecule has 0 amide bonds. The molecule has 4 nitrogen and oxygen atoms in total. The van der Waals surface area contributed by atoms with E-state index in [9.17, 15) is 4.39 Å². The largest absolute Gasteiger partial charge is 0.364 e. The summed E-state index contributed by atoms with van der Waals surface area (Å²) in [7, 11) is 0. The number of aryl methyl sites for hydroxylation is 1. The zero-order chi connectivity index (χ0) is 17.4. The van der Waals surface area contributed by atoms with Gasteiger partial charge in [-0.05, 0) is 55.9 Å². The minimum absolute atomic E-state index is 0.0834. The molecule has 4 heterocycles. The average Bonchev–Trinajstić information content (AvgIpc) is 3.55. The fourth-order valence-electron chi connectivity index (χ4n) is 4.48. The minimum Gasteiger partial charge on any atom is -0.364 e. The van der Waals surface area contributed by atoms with Gasteiger partial charge in [-0.3, -0.25) is 0 Å². The molecular weight excluding hydrogens is 327 g/mol. The molecule has 2 aliphatic carbocycles. The molecule has 0 radical (unpaired) electrons. The number of rotatable bonds is 3. The Morgan fingerprint density at radius 2 is 2.15 bits per heavy atom. The summed E-state index contributed by atoms with van der Waals surface area (Å²) >= 11 is 0. The van der Waals surface area contributed by atoms with Crippen LogP contribution in [0.4, 0.5) is 4.39 Å². The number of allylic oxidation sites excluding steroid dienone is 3. The van der Waals surface area contributed by atoms with Crippen LogP contribution in [0, 0.1) is 12.8 Å². The van der Waals surface area contributed by atoms with E-state index in [1.807, 2.05) is 4.90 Å². The lowest BCUT2D eigenvalue weighted by Crippen LogP contribution is -2.32. The van der Waals surface area contributed by atoms with Crippen molar-refractivity contribution in [3.63, 3.8) is 0 Å². The van der Waals surface area contributed by atoms with Crippen molar-refractivity contribution in [3.8, 4) is 0 Å². The second-order valence-electron chi connectivity index (χ2n) is 7.95. The number of fused-ring (bicyclic) bond motifs is 2. The van der Waals surface area contributed by atoms with Gasteiger partial charge in [0.25, 0.3) is 0 Å². The molecule has 0 spiro atoms. The number of aromatic nitrogens is 2. The molecule has 1 N–H and O–H groups in total. The van der Waals surface area contributed by atoms with Gasteiger partial charge in [0.1, 0.15) is 17.6 Å². The van der Waals surface area contributed by atoms with Crippen molar-refractivity contribution in [2.75, 3.05) is 0 Å². The Morgan fingerprint density at radius 3 is 3.00 bits per heavy atom. The highest BCUT2D eigenvalue weighted by Crippen LogP contribution is 2.53. The fraction of sp³-hybridized carbons (Fsp3) is 0.381. The van der Waals surface area contributed by atoms with E-state index in [1.165, 1.54) is 41.6 Å². The SMILES string of the molecule is Cc1c(C2CC2C2=CN3C=CC(F)=CC3N2)nc2c(C3CC3)cccn12. The van der Waals surface area contributed by atoms with E-state index in [1.54, 1.807) is 12.3 Å². The lowest BCUT2D eigenvalue weighted by Gasteiger charge is -2.21. The summed E-state index contributed by atoms with van der Waals surface area (Å²) in [6.45, 7) is 2.18. The van der Waals surface area contributed by atoms with Gasteiger partial charge in [0.05, 0.1) is 5.69 Å². The summed E-state index contributed by atoms with van der Waals surface area (Å²) in [5.41, 5.74) is 6.24. The molecule has 2 aliphatic heterocycles. The van der Waals surface area contributed by atoms with Crippen LogP contribution in [-0.4, -0.2) is 20.5 Å². The van der Waals surface area contributed by atoms with Crippen LogP contribution < -0.4 is 5.32 Å². The molecule has 5 heteroatoms. The third-order valence-electron chi connectivity index (χ3n) is 6.16. The summed E-state index contributed by atoms with van der Waals surface area (Å²) < 4.78 is 15.7. The highest BCUT2D eigenvalue weighted by atomic mass is 19.1. The van der Waals surface area contributed by atoms with Crippen molar-refractivity contribution in [1.82, 2.24) is 19.6 Å². The highest BCUT2D eigenvalue weighted by molar-refractivity contribution is 5.55. The van der Waals surface area contributed by atoms with E-state index < -0.39 is 0 Å². The number of imidazole rings is 1. The first-order valence-electron chi connectivity index (χ1n) is 9.48. The van der Waals surface area contributed by atoms with Crippen LogP contribution >= 0.6 is 0 Å². The van der Waals surface area contributed by atoms with Gasteiger partial charge in [0.15, 0.2) is 0 Å². The second kappa shape index (κ2) is 5.00. The van der Waals surface area contributed by atoms with Crippen LogP contribution in [-0.2, 0) is 0 Å². The van der Waals surface area contributed by atoms with Gasteiger partial charge in [0, 0.05) is 41.8 Å². The maximum Gasteiger partial charge on any atom is 0.140 e. The van der Waals surface area contributed by atoms with E-state index in [0.717, 1.165) is 12.1 Å². The van der Waals surface area contributed by atoms with E-state index in [2.05, 4.69) is 41.2 Å². The molecule has 0 aromatic carbocycles. The van der Waals surface area contributed by atoms with Crippen LogP contribution in [0.3, 0.4) is 0 Å². The molecule has 6 rings (SSSR count). The molecule has 132 valence electrons. The molecule has 0 saturated heterocycles. The molecule has 2 saturated carbocycles. The Kier molecular flexibility index (Phi) is 2.80. The zero-order valence-electron chi connectivity index (χ0n) is 14.7. The zero-order valence-corrected chi connectivity index (χ0v) is 14.7. The summed E-state index contributed by atoms with van der Waals surface area (Å²) in [6, 6.07) is 4.38. The average molecular weight is 348 g/mol. The number of hydrogen-bond donors (Lipinski definition) is 1. The molecule has 2 fully saturated rings. The predicted octanol–water partition coefficient (Wildman–Crippen LogP) is 4.08. The molecule has 3 atom stereocenters. The topological polar surface area (TPSA) is 32.6 Å². The van der Waals surface area contributed by atoms with Crippen LogP contribution in [0.1, 0.15) is 48.0 Å². The number of nitrogens with zero attached hydrogens (tertiary/aromatic N) is 3. The quantitative estimate of drug-likeness (QED) is 0.907. The first kappa shape index (κ1) is 14.6. The number of hydrogen-bond acceptors (Lipinski definition) is 3. The molecule has 2 aromatic rings. The first-order valence-corrected chi connectivity index (χ1v) is 9.48. The Hall–Kier alpha value is -2.56. The molecule has 0 bridgehead atoms. The lowest BCUT2D eigenvalue weighted by molar-refractivity contribution is 0.408.